The number of imide groups is 2. The Morgan fingerprint density at radius 2 is 1.61 bits per heavy atom. The van der Waals surface area contributed by atoms with Crippen molar-refractivity contribution in [1.82, 2.24) is 30.6 Å². The molecule has 3 aromatic rings. The third kappa shape index (κ3) is 7.83. The van der Waals surface area contributed by atoms with Gasteiger partial charge in [-0.1, -0.05) is 11.6 Å². The summed E-state index contributed by atoms with van der Waals surface area (Å²) in [5.41, 5.74) is 2.28. The summed E-state index contributed by atoms with van der Waals surface area (Å²) < 4.78 is 6.09. The molecule has 5 aliphatic heterocycles. The maximum atomic E-state index is 13.5. The third-order valence-electron chi connectivity index (χ3n) is 13.0. The molecule has 1 saturated carbocycles. The molecular weight excluding hydrogens is 774 g/mol. The fourth-order valence-electron chi connectivity index (χ4n) is 9.94. The van der Waals surface area contributed by atoms with Crippen LogP contribution in [0.25, 0.3) is 0 Å². The van der Waals surface area contributed by atoms with Gasteiger partial charge < -0.3 is 19.9 Å². The van der Waals surface area contributed by atoms with Crippen LogP contribution in [0.3, 0.4) is 0 Å². The molecule has 5 amide bonds. The van der Waals surface area contributed by atoms with Crippen LogP contribution in [-0.2, 0) is 9.59 Å². The number of fused-ring (bicyclic) bond motifs is 3. The predicted molar refractivity (Wildman–Crippen MR) is 216 cm³/mol. The molecule has 2 N–H and O–H groups in total. The number of aromatic nitrogens is 2. The van der Waals surface area contributed by atoms with Crippen molar-refractivity contribution in [3.63, 3.8) is 0 Å². The van der Waals surface area contributed by atoms with Gasteiger partial charge in [-0.15, -0.1) is 10.2 Å². The average Bonchev–Trinajstić information content (AvgIpc) is 3.65. The molecule has 2 aromatic carbocycles. The zero-order valence-electron chi connectivity index (χ0n) is 32.6. The fraction of sp³-hybridized carbons (Fsp3) is 0.488. The molecule has 9 rings (SSSR count). The number of benzene rings is 2. The third-order valence-corrected chi connectivity index (χ3v) is 13.3. The van der Waals surface area contributed by atoms with Gasteiger partial charge in [0.25, 0.3) is 17.7 Å². The van der Waals surface area contributed by atoms with Gasteiger partial charge >= 0.3 is 0 Å². The Hall–Kier alpha value is -5.59. The molecule has 4 saturated heterocycles. The van der Waals surface area contributed by atoms with Crippen LogP contribution in [0, 0.1) is 17.2 Å². The van der Waals surface area contributed by atoms with Gasteiger partial charge in [0.15, 0.2) is 11.5 Å². The SMILES string of the molecule is N#Cc1ccc(O[C@H]2CC[C@H](NC(=O)c3ccc(N4CCC(CN5CC6CCC(C5)N6c5ccc6c(c5)C(=O)N(C5CCC(=O)NC5=O)C6=O)CC4)nn3)CC2)cc1Cl. The highest BCUT2D eigenvalue weighted by atomic mass is 35.5. The minimum absolute atomic E-state index is 0.0184. The number of carbonyl (C=O) groups excluding carboxylic acids is 5. The molecule has 2 bridgehead atoms. The van der Waals surface area contributed by atoms with E-state index in [0.29, 0.717) is 51.2 Å². The summed E-state index contributed by atoms with van der Waals surface area (Å²) in [6, 6.07) is 15.9. The summed E-state index contributed by atoms with van der Waals surface area (Å²) in [5, 5.41) is 23.6. The van der Waals surface area contributed by atoms with Gasteiger partial charge in [-0.25, -0.2) is 0 Å². The monoisotopic (exact) mass is 819 g/mol. The molecule has 1 aliphatic carbocycles. The first-order chi connectivity index (χ1) is 28.6. The first-order valence-electron chi connectivity index (χ1n) is 20.7. The van der Waals surface area contributed by atoms with Crippen molar-refractivity contribution in [2.45, 2.75) is 94.5 Å². The Kier molecular flexibility index (Phi) is 10.7. The lowest BCUT2D eigenvalue weighted by atomic mass is 9.92. The smallest absolute Gasteiger partial charge is 0.272 e. The molecule has 6 aliphatic rings. The highest BCUT2D eigenvalue weighted by Gasteiger charge is 2.46. The van der Waals surface area contributed by atoms with E-state index in [1.807, 2.05) is 18.2 Å². The van der Waals surface area contributed by atoms with E-state index in [-0.39, 0.29) is 30.9 Å². The number of nitrogens with zero attached hydrogens (tertiary/aromatic N) is 7. The van der Waals surface area contributed by atoms with Gasteiger partial charge in [0.2, 0.25) is 11.8 Å². The van der Waals surface area contributed by atoms with Crippen LogP contribution in [0.4, 0.5) is 11.5 Å². The van der Waals surface area contributed by atoms with Crippen molar-refractivity contribution in [3.8, 4) is 11.8 Å². The molecular formula is C43H46ClN9O6. The Bertz CT molecular complexity index is 2200. The molecule has 0 spiro atoms. The highest BCUT2D eigenvalue weighted by Crippen LogP contribution is 2.39. The number of hydrogen-bond donors (Lipinski definition) is 2. The molecule has 6 heterocycles. The number of piperidine rings is 2. The van der Waals surface area contributed by atoms with Gasteiger partial charge in [-0.2, -0.15) is 5.26 Å². The van der Waals surface area contributed by atoms with Crippen LogP contribution in [0.5, 0.6) is 5.75 Å². The van der Waals surface area contributed by atoms with Gasteiger partial charge in [-0.3, -0.25) is 39.1 Å². The Morgan fingerprint density at radius 1 is 0.864 bits per heavy atom. The first kappa shape index (κ1) is 38.9. The number of anilines is 2. The van der Waals surface area contributed by atoms with Crippen LogP contribution in [0.2, 0.25) is 5.02 Å². The topological polar surface area (TPSA) is 181 Å². The second-order valence-electron chi connectivity index (χ2n) is 16.7. The second kappa shape index (κ2) is 16.2. The van der Waals surface area contributed by atoms with Crippen LogP contribution in [0.1, 0.15) is 101 Å². The second-order valence-corrected chi connectivity index (χ2v) is 17.1. The van der Waals surface area contributed by atoms with E-state index in [0.717, 1.165) is 100 Å². The van der Waals surface area contributed by atoms with E-state index in [2.05, 4.69) is 41.6 Å². The summed E-state index contributed by atoms with van der Waals surface area (Å²) in [6.07, 6.45) is 7.59. The number of piperazine rings is 1. The largest absolute Gasteiger partial charge is 0.490 e. The standard InChI is InChI=1S/C43H46ClN9O6/c44-35-20-32(7-1-26(35)21-45)59-31-8-2-27(3-9-31)46-40(55)36-11-13-38(49-48-36)51-17-15-25(16-18-51)22-50-23-29-4-5-30(24-50)52(29)28-6-10-33-34(19-28)43(58)53(42(33)57)37-12-14-39(54)47-41(37)56/h1,6-7,10-11,13,19-20,25,27,29-31,37H,2-5,8-9,12,14-18,22-24H2,(H,46,55)(H,47,54,56)/t27-,29?,30?,31-,37?. The Labute approximate surface area is 347 Å². The van der Waals surface area contributed by atoms with Crippen LogP contribution in [0.15, 0.2) is 48.5 Å². The molecule has 16 heteroatoms. The van der Waals surface area contributed by atoms with E-state index < -0.39 is 29.7 Å². The number of hydrogen-bond acceptors (Lipinski definition) is 12. The quantitative estimate of drug-likeness (QED) is 0.296. The minimum atomic E-state index is -0.976. The molecule has 3 unspecified atom stereocenters. The lowest BCUT2D eigenvalue weighted by Gasteiger charge is -2.44. The summed E-state index contributed by atoms with van der Waals surface area (Å²) in [5.74, 6) is -0.205. The number of nitrogens with one attached hydrogen (secondary N) is 2. The van der Waals surface area contributed by atoms with Gasteiger partial charge in [0, 0.05) is 69.0 Å². The summed E-state index contributed by atoms with van der Waals surface area (Å²) >= 11 is 6.15. The molecule has 3 atom stereocenters. The van der Waals surface area contributed by atoms with E-state index in [1.165, 1.54) is 0 Å². The van der Waals surface area contributed by atoms with E-state index in [4.69, 9.17) is 21.6 Å². The van der Waals surface area contributed by atoms with Crippen molar-refractivity contribution in [3.05, 3.63) is 75.9 Å². The zero-order valence-corrected chi connectivity index (χ0v) is 33.4. The number of amides is 5. The average molecular weight is 820 g/mol. The maximum Gasteiger partial charge on any atom is 0.272 e. The first-order valence-corrected chi connectivity index (χ1v) is 21.1. The molecule has 1 aromatic heterocycles. The van der Waals surface area contributed by atoms with Crippen molar-refractivity contribution in [1.29, 1.82) is 5.26 Å². The number of rotatable bonds is 9. The number of likely N-dealkylation sites (tertiary alicyclic amines) is 1. The minimum Gasteiger partial charge on any atom is -0.490 e. The van der Waals surface area contributed by atoms with Gasteiger partial charge in [-0.05, 0) is 106 Å². The van der Waals surface area contributed by atoms with Crippen molar-refractivity contribution in [2.75, 3.05) is 42.5 Å². The lowest BCUT2D eigenvalue weighted by Crippen LogP contribution is -2.55. The lowest BCUT2D eigenvalue weighted by molar-refractivity contribution is -0.136. The van der Waals surface area contributed by atoms with E-state index in [1.54, 1.807) is 30.3 Å². The van der Waals surface area contributed by atoms with E-state index in [9.17, 15) is 24.0 Å². The van der Waals surface area contributed by atoms with Crippen molar-refractivity contribution >= 4 is 52.6 Å². The van der Waals surface area contributed by atoms with Gasteiger partial charge in [0.05, 0.1) is 27.8 Å². The number of nitriles is 1. The summed E-state index contributed by atoms with van der Waals surface area (Å²) in [6.45, 7) is 4.63. The molecule has 5 fully saturated rings. The van der Waals surface area contributed by atoms with Crippen LogP contribution < -0.4 is 25.2 Å². The van der Waals surface area contributed by atoms with Crippen LogP contribution >= 0.6 is 11.6 Å². The molecule has 0 radical (unpaired) electrons. The normalized spacial score (nSPS) is 26.1. The highest BCUT2D eigenvalue weighted by molar-refractivity contribution is 6.31. The predicted octanol–water partition coefficient (Wildman–Crippen LogP) is 4.09. The number of carbonyl (C=O) groups is 5. The van der Waals surface area contributed by atoms with Crippen molar-refractivity contribution < 1.29 is 28.7 Å². The number of ether oxygens (including phenoxy) is 1. The molecule has 59 heavy (non-hydrogen) atoms. The van der Waals surface area contributed by atoms with Gasteiger partial charge in [0.1, 0.15) is 17.9 Å². The number of halogens is 1. The summed E-state index contributed by atoms with van der Waals surface area (Å²) in [7, 11) is 0. The van der Waals surface area contributed by atoms with Crippen molar-refractivity contribution in [2.24, 2.45) is 5.92 Å². The summed E-state index contributed by atoms with van der Waals surface area (Å²) in [4.78, 5) is 72.3. The Balaban J connectivity index is 0.725. The fourth-order valence-corrected chi connectivity index (χ4v) is 10.2. The maximum absolute atomic E-state index is 13.5. The van der Waals surface area contributed by atoms with E-state index >= 15 is 0 Å². The zero-order chi connectivity index (χ0) is 40.8. The molecule has 15 nitrogen and oxygen atoms in total. The molecule has 306 valence electrons. The Morgan fingerprint density at radius 3 is 2.29 bits per heavy atom. The van der Waals surface area contributed by atoms with Crippen LogP contribution in [-0.4, -0.2) is 113 Å².